The number of sulfonamides is 1. The van der Waals surface area contributed by atoms with Crippen LogP contribution < -0.4 is 5.32 Å². The number of hydrogen-bond donors (Lipinski definition) is 1. The molecular formula is C19H21FN2O4S. The van der Waals surface area contributed by atoms with Crippen LogP contribution >= 0.6 is 0 Å². The van der Waals surface area contributed by atoms with Crippen LogP contribution in [0.5, 0.6) is 0 Å². The summed E-state index contributed by atoms with van der Waals surface area (Å²) >= 11 is 0. The number of morpholine rings is 1. The second-order valence-corrected chi connectivity index (χ2v) is 8.08. The standard InChI is InChI=1S/C19H21FN2O4S/c20-18-4-2-1-3-15(18)9-10-21-19(23)16-5-7-17(8-6-16)27(24,25)22-11-13-26-14-12-22/h1-8H,9-14H2,(H,21,23). The van der Waals surface area contributed by atoms with Crippen molar-refractivity contribution in [3.8, 4) is 0 Å². The van der Waals surface area contributed by atoms with Crippen molar-refractivity contribution in [2.45, 2.75) is 11.3 Å². The van der Waals surface area contributed by atoms with Gasteiger partial charge in [0.05, 0.1) is 18.1 Å². The third-order valence-corrected chi connectivity index (χ3v) is 6.27. The van der Waals surface area contributed by atoms with Gasteiger partial charge in [-0.2, -0.15) is 4.31 Å². The number of hydrogen-bond acceptors (Lipinski definition) is 4. The fourth-order valence-electron chi connectivity index (χ4n) is 2.83. The third-order valence-electron chi connectivity index (χ3n) is 4.36. The molecule has 144 valence electrons. The molecular weight excluding hydrogens is 371 g/mol. The third kappa shape index (κ3) is 4.71. The lowest BCUT2D eigenvalue weighted by Crippen LogP contribution is -2.40. The van der Waals surface area contributed by atoms with E-state index in [-0.39, 0.29) is 23.2 Å². The molecule has 6 nitrogen and oxygen atoms in total. The van der Waals surface area contributed by atoms with E-state index in [1.165, 1.54) is 34.6 Å². The molecule has 0 saturated carbocycles. The molecule has 0 unspecified atom stereocenters. The zero-order valence-electron chi connectivity index (χ0n) is 14.7. The molecule has 0 spiro atoms. The van der Waals surface area contributed by atoms with Gasteiger partial charge in [0, 0.05) is 25.2 Å². The molecule has 2 aromatic carbocycles. The number of rotatable bonds is 6. The molecule has 0 aromatic heterocycles. The Hall–Kier alpha value is -2.29. The Balaban J connectivity index is 1.59. The molecule has 27 heavy (non-hydrogen) atoms. The van der Waals surface area contributed by atoms with Crippen LogP contribution in [-0.2, 0) is 21.2 Å². The number of benzene rings is 2. The minimum atomic E-state index is -3.58. The van der Waals surface area contributed by atoms with Crippen molar-refractivity contribution in [2.75, 3.05) is 32.8 Å². The maximum Gasteiger partial charge on any atom is 0.251 e. The van der Waals surface area contributed by atoms with E-state index < -0.39 is 10.0 Å². The first-order valence-corrected chi connectivity index (χ1v) is 10.1. The van der Waals surface area contributed by atoms with Crippen molar-refractivity contribution in [1.82, 2.24) is 9.62 Å². The Bertz CT molecular complexity index is 894. The van der Waals surface area contributed by atoms with E-state index in [2.05, 4.69) is 5.32 Å². The lowest BCUT2D eigenvalue weighted by molar-refractivity contribution is 0.0730. The molecule has 1 aliphatic rings. The van der Waals surface area contributed by atoms with Crippen molar-refractivity contribution in [3.63, 3.8) is 0 Å². The van der Waals surface area contributed by atoms with E-state index in [4.69, 9.17) is 4.74 Å². The van der Waals surface area contributed by atoms with Gasteiger partial charge in [-0.15, -0.1) is 0 Å². The molecule has 0 aliphatic carbocycles. The Morgan fingerprint density at radius 3 is 2.41 bits per heavy atom. The predicted molar refractivity (Wildman–Crippen MR) is 98.5 cm³/mol. The first-order chi connectivity index (χ1) is 13.0. The summed E-state index contributed by atoms with van der Waals surface area (Å²) < 4.78 is 45.2. The highest BCUT2D eigenvalue weighted by Gasteiger charge is 2.26. The van der Waals surface area contributed by atoms with E-state index >= 15 is 0 Å². The van der Waals surface area contributed by atoms with Gasteiger partial charge in [0.25, 0.3) is 5.91 Å². The average Bonchev–Trinajstić information content (AvgIpc) is 2.70. The minimum Gasteiger partial charge on any atom is -0.379 e. The number of nitrogens with one attached hydrogen (secondary N) is 1. The van der Waals surface area contributed by atoms with Gasteiger partial charge in [-0.1, -0.05) is 18.2 Å². The summed E-state index contributed by atoms with van der Waals surface area (Å²) in [6.45, 7) is 1.68. The monoisotopic (exact) mass is 392 g/mol. The molecule has 1 aliphatic heterocycles. The first-order valence-electron chi connectivity index (χ1n) is 8.68. The number of carbonyl (C=O) groups is 1. The molecule has 1 amide bonds. The number of ether oxygens (including phenoxy) is 1. The molecule has 0 radical (unpaired) electrons. The van der Waals surface area contributed by atoms with Crippen LogP contribution in [0.2, 0.25) is 0 Å². The fourth-order valence-corrected chi connectivity index (χ4v) is 4.24. The van der Waals surface area contributed by atoms with Gasteiger partial charge in [0.2, 0.25) is 10.0 Å². The average molecular weight is 392 g/mol. The van der Waals surface area contributed by atoms with Crippen LogP contribution in [0.25, 0.3) is 0 Å². The summed E-state index contributed by atoms with van der Waals surface area (Å²) in [6, 6.07) is 12.2. The Morgan fingerprint density at radius 2 is 1.74 bits per heavy atom. The minimum absolute atomic E-state index is 0.146. The largest absolute Gasteiger partial charge is 0.379 e. The highest BCUT2D eigenvalue weighted by Crippen LogP contribution is 2.17. The molecule has 8 heteroatoms. The van der Waals surface area contributed by atoms with Crippen molar-refractivity contribution in [3.05, 3.63) is 65.5 Å². The fraction of sp³-hybridized carbons (Fsp3) is 0.316. The maximum absolute atomic E-state index is 13.6. The number of carbonyl (C=O) groups excluding carboxylic acids is 1. The highest BCUT2D eigenvalue weighted by molar-refractivity contribution is 7.89. The van der Waals surface area contributed by atoms with Gasteiger partial charge in [-0.05, 0) is 42.3 Å². The van der Waals surface area contributed by atoms with E-state index in [1.807, 2.05) is 0 Å². The van der Waals surface area contributed by atoms with E-state index in [9.17, 15) is 17.6 Å². The predicted octanol–water partition coefficient (Wildman–Crippen LogP) is 1.82. The van der Waals surface area contributed by atoms with Crippen LogP contribution in [0.3, 0.4) is 0 Å². The second kappa shape index (κ2) is 8.60. The van der Waals surface area contributed by atoms with Gasteiger partial charge in [0.15, 0.2) is 0 Å². The topological polar surface area (TPSA) is 75.7 Å². The van der Waals surface area contributed by atoms with E-state index in [0.717, 1.165) is 0 Å². The molecule has 1 heterocycles. The molecule has 0 bridgehead atoms. The normalized spacial score (nSPS) is 15.4. The molecule has 2 aromatic rings. The number of amides is 1. The van der Waals surface area contributed by atoms with Gasteiger partial charge >= 0.3 is 0 Å². The highest BCUT2D eigenvalue weighted by atomic mass is 32.2. The van der Waals surface area contributed by atoms with Crippen molar-refractivity contribution >= 4 is 15.9 Å². The molecule has 1 N–H and O–H groups in total. The Kier molecular flexibility index (Phi) is 6.20. The lowest BCUT2D eigenvalue weighted by atomic mass is 10.1. The van der Waals surface area contributed by atoms with E-state index in [1.54, 1.807) is 18.2 Å². The van der Waals surface area contributed by atoms with Crippen molar-refractivity contribution in [2.24, 2.45) is 0 Å². The van der Waals surface area contributed by atoms with Crippen LogP contribution in [0.15, 0.2) is 53.4 Å². The number of halogens is 1. The van der Waals surface area contributed by atoms with E-state index in [0.29, 0.717) is 43.9 Å². The summed E-state index contributed by atoms with van der Waals surface area (Å²) in [5.74, 6) is -0.633. The van der Waals surface area contributed by atoms with Crippen molar-refractivity contribution < 1.29 is 22.3 Å². The number of nitrogens with zero attached hydrogens (tertiary/aromatic N) is 1. The Labute approximate surface area is 158 Å². The van der Waals surface area contributed by atoms with Gasteiger partial charge in [-0.25, -0.2) is 12.8 Å². The molecule has 1 saturated heterocycles. The van der Waals surface area contributed by atoms with Gasteiger partial charge in [0.1, 0.15) is 5.82 Å². The molecule has 3 rings (SSSR count). The zero-order chi connectivity index (χ0) is 19.3. The zero-order valence-corrected chi connectivity index (χ0v) is 15.5. The molecule has 0 atom stereocenters. The van der Waals surface area contributed by atoms with Crippen LogP contribution in [0, 0.1) is 5.82 Å². The van der Waals surface area contributed by atoms with Gasteiger partial charge in [-0.3, -0.25) is 4.79 Å². The van der Waals surface area contributed by atoms with Gasteiger partial charge < -0.3 is 10.1 Å². The Morgan fingerprint density at radius 1 is 1.07 bits per heavy atom. The SMILES string of the molecule is O=C(NCCc1ccccc1F)c1ccc(S(=O)(=O)N2CCOCC2)cc1. The first kappa shape index (κ1) is 19.5. The van der Waals surface area contributed by atoms with Crippen LogP contribution in [0.1, 0.15) is 15.9 Å². The summed E-state index contributed by atoms with van der Waals surface area (Å²) in [5, 5.41) is 2.71. The smallest absolute Gasteiger partial charge is 0.251 e. The van der Waals surface area contributed by atoms with Crippen molar-refractivity contribution in [1.29, 1.82) is 0 Å². The quantitative estimate of drug-likeness (QED) is 0.814. The summed E-state index contributed by atoms with van der Waals surface area (Å²) in [5.41, 5.74) is 0.884. The maximum atomic E-state index is 13.6. The molecule has 1 fully saturated rings. The summed E-state index contributed by atoms with van der Waals surface area (Å²) in [6.07, 6.45) is 0.377. The van der Waals surface area contributed by atoms with Crippen LogP contribution in [-0.4, -0.2) is 51.5 Å². The summed E-state index contributed by atoms with van der Waals surface area (Å²) in [7, 11) is -3.58. The summed E-state index contributed by atoms with van der Waals surface area (Å²) in [4.78, 5) is 12.3. The van der Waals surface area contributed by atoms with Crippen LogP contribution in [0.4, 0.5) is 4.39 Å². The second-order valence-electron chi connectivity index (χ2n) is 6.14. The lowest BCUT2D eigenvalue weighted by Gasteiger charge is -2.26.